The van der Waals surface area contributed by atoms with E-state index in [2.05, 4.69) is 22.6 Å². The smallest absolute Gasteiger partial charge is 0.309 e. The van der Waals surface area contributed by atoms with Crippen molar-refractivity contribution in [3.63, 3.8) is 0 Å². The van der Waals surface area contributed by atoms with E-state index < -0.39 is 6.04 Å². The number of rotatable bonds is 4. The number of likely N-dealkylation sites (tertiary alicyclic amines) is 1. The highest BCUT2D eigenvalue weighted by Crippen LogP contribution is 2.29. The molecule has 6 nitrogen and oxygen atoms in total. The predicted octanol–water partition coefficient (Wildman–Crippen LogP) is 2.20. The number of imide groups is 1. The first kappa shape index (κ1) is 18.3. The van der Waals surface area contributed by atoms with Crippen molar-refractivity contribution >= 4 is 46.1 Å². The van der Waals surface area contributed by atoms with E-state index in [1.165, 1.54) is 4.90 Å². The van der Waals surface area contributed by atoms with Crippen LogP contribution in [-0.2, 0) is 19.1 Å². The van der Waals surface area contributed by atoms with Gasteiger partial charge < -0.3 is 4.74 Å². The van der Waals surface area contributed by atoms with Gasteiger partial charge in [0.25, 0.3) is 5.91 Å². The third kappa shape index (κ3) is 3.87. The lowest BCUT2D eigenvalue weighted by molar-refractivity contribution is -0.149. The lowest BCUT2D eigenvalue weighted by Gasteiger charge is -2.33. The number of amides is 2. The zero-order valence-electron chi connectivity index (χ0n) is 14.1. The maximum Gasteiger partial charge on any atom is 0.309 e. The van der Waals surface area contributed by atoms with E-state index in [0.29, 0.717) is 38.2 Å². The molecule has 0 aliphatic carbocycles. The van der Waals surface area contributed by atoms with Crippen molar-refractivity contribution in [3.05, 3.63) is 27.8 Å². The summed E-state index contributed by atoms with van der Waals surface area (Å²) in [6.45, 7) is 3.45. The van der Waals surface area contributed by atoms with Crippen LogP contribution in [0.4, 0.5) is 5.69 Å². The number of piperidine rings is 1. The molecule has 0 aromatic heterocycles. The number of nitrogens with zero attached hydrogens (tertiary/aromatic N) is 2. The zero-order chi connectivity index (χ0) is 18.0. The molecule has 0 radical (unpaired) electrons. The molecule has 2 fully saturated rings. The van der Waals surface area contributed by atoms with Gasteiger partial charge in [0.15, 0.2) is 0 Å². The largest absolute Gasteiger partial charge is 0.466 e. The third-order valence-corrected chi connectivity index (χ3v) is 5.52. The summed E-state index contributed by atoms with van der Waals surface area (Å²) in [5.74, 6) is -0.586. The summed E-state index contributed by atoms with van der Waals surface area (Å²) in [5, 5.41) is 0. The number of anilines is 1. The van der Waals surface area contributed by atoms with Crippen LogP contribution in [0.1, 0.15) is 26.2 Å². The summed E-state index contributed by atoms with van der Waals surface area (Å²) in [4.78, 5) is 40.3. The second kappa shape index (κ2) is 7.82. The van der Waals surface area contributed by atoms with Crippen molar-refractivity contribution in [2.45, 2.75) is 32.2 Å². The molecule has 0 N–H and O–H groups in total. The van der Waals surface area contributed by atoms with Crippen molar-refractivity contribution in [2.75, 3.05) is 24.6 Å². The van der Waals surface area contributed by atoms with Crippen LogP contribution in [0.2, 0.25) is 0 Å². The van der Waals surface area contributed by atoms with Gasteiger partial charge >= 0.3 is 5.97 Å². The Hall–Kier alpha value is -1.48. The second-order valence-corrected chi connectivity index (χ2v) is 7.57. The highest BCUT2D eigenvalue weighted by atomic mass is 127. The van der Waals surface area contributed by atoms with Crippen LogP contribution in [0.15, 0.2) is 24.3 Å². The summed E-state index contributed by atoms with van der Waals surface area (Å²) in [6, 6.07) is 6.94. The molecule has 25 heavy (non-hydrogen) atoms. The van der Waals surface area contributed by atoms with Gasteiger partial charge in [-0.3, -0.25) is 19.3 Å². The van der Waals surface area contributed by atoms with Gasteiger partial charge in [0, 0.05) is 3.57 Å². The van der Waals surface area contributed by atoms with Crippen LogP contribution in [0.5, 0.6) is 0 Å². The molecule has 134 valence electrons. The van der Waals surface area contributed by atoms with Crippen molar-refractivity contribution < 1.29 is 19.1 Å². The van der Waals surface area contributed by atoms with Crippen LogP contribution in [0, 0.1) is 9.49 Å². The van der Waals surface area contributed by atoms with E-state index in [1.54, 1.807) is 19.1 Å². The van der Waals surface area contributed by atoms with Gasteiger partial charge in [0.2, 0.25) is 5.91 Å². The van der Waals surface area contributed by atoms with Crippen molar-refractivity contribution in [2.24, 2.45) is 5.92 Å². The fourth-order valence-corrected chi connectivity index (χ4v) is 3.83. The summed E-state index contributed by atoms with van der Waals surface area (Å²) < 4.78 is 6.13. The van der Waals surface area contributed by atoms with E-state index in [0.717, 1.165) is 3.57 Å². The van der Waals surface area contributed by atoms with E-state index in [9.17, 15) is 14.4 Å². The zero-order valence-corrected chi connectivity index (χ0v) is 16.3. The number of hydrogen-bond donors (Lipinski definition) is 0. The minimum Gasteiger partial charge on any atom is -0.466 e. The van der Waals surface area contributed by atoms with E-state index >= 15 is 0 Å². The highest BCUT2D eigenvalue weighted by Gasteiger charge is 2.43. The molecular weight excluding hydrogens is 435 g/mol. The van der Waals surface area contributed by atoms with Crippen LogP contribution < -0.4 is 4.90 Å². The van der Waals surface area contributed by atoms with E-state index in [4.69, 9.17) is 4.74 Å². The standard InChI is InChI=1S/C18H21IN2O4/c1-2-25-18(24)12-7-9-20(10-8-12)15-11-16(22)21(17(15)23)14-5-3-13(19)4-6-14/h3-6,12,15H,2,7-11H2,1H3. The second-order valence-electron chi connectivity index (χ2n) is 6.33. The Morgan fingerprint density at radius 1 is 1.20 bits per heavy atom. The fraction of sp³-hybridized carbons (Fsp3) is 0.500. The normalized spacial score (nSPS) is 22.5. The van der Waals surface area contributed by atoms with Gasteiger partial charge in [-0.2, -0.15) is 0 Å². The van der Waals surface area contributed by atoms with E-state index in [1.807, 2.05) is 17.0 Å². The van der Waals surface area contributed by atoms with Crippen molar-refractivity contribution in [3.8, 4) is 0 Å². The Morgan fingerprint density at radius 3 is 2.44 bits per heavy atom. The van der Waals surface area contributed by atoms with E-state index in [-0.39, 0.29) is 30.1 Å². The van der Waals surface area contributed by atoms with Crippen LogP contribution in [0.3, 0.4) is 0 Å². The molecule has 1 aromatic rings. The number of carbonyl (C=O) groups excluding carboxylic acids is 3. The summed E-state index contributed by atoms with van der Waals surface area (Å²) >= 11 is 2.19. The summed E-state index contributed by atoms with van der Waals surface area (Å²) in [7, 11) is 0. The Bertz CT molecular complexity index is 668. The van der Waals surface area contributed by atoms with Gasteiger partial charge in [-0.15, -0.1) is 0 Å². The Labute approximate surface area is 160 Å². The van der Waals surface area contributed by atoms with Crippen LogP contribution in [0.25, 0.3) is 0 Å². The maximum absolute atomic E-state index is 12.8. The lowest BCUT2D eigenvalue weighted by Crippen LogP contribution is -2.47. The average molecular weight is 456 g/mol. The minimum atomic E-state index is -0.421. The molecule has 1 unspecified atom stereocenters. The van der Waals surface area contributed by atoms with Gasteiger partial charge in [-0.1, -0.05) is 0 Å². The Balaban J connectivity index is 1.65. The number of hydrogen-bond acceptors (Lipinski definition) is 5. The molecule has 1 aromatic carbocycles. The highest BCUT2D eigenvalue weighted by molar-refractivity contribution is 14.1. The molecule has 0 bridgehead atoms. The molecule has 0 saturated carbocycles. The molecule has 2 aliphatic heterocycles. The number of ether oxygens (including phenoxy) is 1. The van der Waals surface area contributed by atoms with Crippen molar-refractivity contribution in [1.29, 1.82) is 0 Å². The molecule has 1 atom stereocenters. The first-order valence-electron chi connectivity index (χ1n) is 8.54. The van der Waals surface area contributed by atoms with Crippen LogP contribution >= 0.6 is 22.6 Å². The number of halogens is 1. The molecule has 2 aliphatic rings. The molecule has 7 heteroatoms. The molecule has 2 saturated heterocycles. The monoisotopic (exact) mass is 456 g/mol. The quantitative estimate of drug-likeness (QED) is 0.395. The maximum atomic E-state index is 12.8. The Morgan fingerprint density at radius 2 is 1.84 bits per heavy atom. The fourth-order valence-electron chi connectivity index (χ4n) is 3.47. The van der Waals surface area contributed by atoms with Crippen molar-refractivity contribution in [1.82, 2.24) is 4.90 Å². The SMILES string of the molecule is CCOC(=O)C1CCN(C2CC(=O)N(c3ccc(I)cc3)C2=O)CC1. The number of esters is 1. The molecule has 3 rings (SSSR count). The first-order chi connectivity index (χ1) is 12.0. The van der Waals surface area contributed by atoms with Crippen LogP contribution in [-0.4, -0.2) is 48.4 Å². The molecular formula is C18H21IN2O4. The molecule has 2 amide bonds. The number of benzene rings is 1. The predicted molar refractivity (Wildman–Crippen MR) is 101 cm³/mol. The molecule has 2 heterocycles. The minimum absolute atomic E-state index is 0.101. The Kier molecular flexibility index (Phi) is 5.73. The topological polar surface area (TPSA) is 66.9 Å². The van der Waals surface area contributed by atoms with Gasteiger partial charge in [-0.05, 0) is 79.7 Å². The van der Waals surface area contributed by atoms with Gasteiger partial charge in [0.1, 0.15) is 0 Å². The molecule has 0 spiro atoms. The van der Waals surface area contributed by atoms with Gasteiger partial charge in [-0.25, -0.2) is 4.90 Å². The number of carbonyl (C=O) groups is 3. The first-order valence-corrected chi connectivity index (χ1v) is 9.62. The lowest BCUT2D eigenvalue weighted by atomic mass is 9.95. The summed E-state index contributed by atoms with van der Waals surface area (Å²) in [6.07, 6.45) is 1.54. The third-order valence-electron chi connectivity index (χ3n) is 4.80. The van der Waals surface area contributed by atoms with Gasteiger partial charge in [0.05, 0.1) is 30.7 Å². The average Bonchev–Trinajstić information content (AvgIpc) is 2.91. The summed E-state index contributed by atoms with van der Waals surface area (Å²) in [5.41, 5.74) is 0.624.